The normalized spacial score (nSPS) is 13.1. The summed E-state index contributed by atoms with van der Waals surface area (Å²) in [5, 5.41) is 4.39. The molecule has 5 heteroatoms. The Morgan fingerprint density at radius 1 is 0.903 bits per heavy atom. The fourth-order valence-corrected chi connectivity index (χ4v) is 3.83. The maximum atomic E-state index is 13.6. The number of ketones is 1. The van der Waals surface area contributed by atoms with Gasteiger partial charge in [-0.3, -0.25) is 9.59 Å². The van der Waals surface area contributed by atoms with Gasteiger partial charge < -0.3 is 16.0 Å². The van der Waals surface area contributed by atoms with Crippen LogP contribution in [0.5, 0.6) is 0 Å². The molecule has 1 heterocycles. The number of Topliss-reactive ketones (excluding diaryl/α,β-unsaturated/α-hetero) is 1. The first-order valence-corrected chi connectivity index (χ1v) is 10.3. The molecule has 31 heavy (non-hydrogen) atoms. The van der Waals surface area contributed by atoms with E-state index in [-0.39, 0.29) is 11.7 Å². The van der Waals surface area contributed by atoms with Gasteiger partial charge >= 0.3 is 0 Å². The van der Waals surface area contributed by atoms with Gasteiger partial charge in [-0.05, 0) is 35.2 Å². The molecule has 1 aromatic heterocycles. The van der Waals surface area contributed by atoms with Gasteiger partial charge in [-0.25, -0.2) is 0 Å². The summed E-state index contributed by atoms with van der Waals surface area (Å²) in [6.45, 7) is 2.69. The zero-order valence-corrected chi connectivity index (χ0v) is 17.3. The highest BCUT2D eigenvalue weighted by Crippen LogP contribution is 2.25. The van der Waals surface area contributed by atoms with Crippen LogP contribution in [0.2, 0.25) is 0 Å². The molecule has 4 N–H and O–H groups in total. The van der Waals surface area contributed by atoms with Crippen molar-refractivity contribution in [2.75, 3.05) is 6.54 Å². The Kier molecular flexibility index (Phi) is 5.96. The summed E-state index contributed by atoms with van der Waals surface area (Å²) in [5.41, 5.74) is 9.44. The van der Waals surface area contributed by atoms with E-state index in [4.69, 9.17) is 5.73 Å². The van der Waals surface area contributed by atoms with Gasteiger partial charge in [0.15, 0.2) is 5.78 Å². The number of hydrogen-bond donors (Lipinski definition) is 3. The van der Waals surface area contributed by atoms with E-state index in [1.165, 1.54) is 0 Å². The number of aromatic amines is 1. The molecule has 2 atom stereocenters. The van der Waals surface area contributed by atoms with E-state index in [9.17, 15) is 9.59 Å². The molecule has 0 aliphatic heterocycles. The number of primary amides is 1. The Morgan fingerprint density at radius 2 is 1.58 bits per heavy atom. The number of aromatic nitrogens is 1. The van der Waals surface area contributed by atoms with Crippen LogP contribution >= 0.6 is 0 Å². The lowest BCUT2D eigenvalue weighted by molar-refractivity contribution is 0.0942. The second kappa shape index (κ2) is 8.98. The molecule has 0 unspecified atom stereocenters. The third-order valence-electron chi connectivity index (χ3n) is 5.64. The van der Waals surface area contributed by atoms with Crippen molar-refractivity contribution in [2.45, 2.75) is 18.9 Å². The highest BCUT2D eigenvalue weighted by Gasteiger charge is 2.24. The standard InChI is InChI=1S/C26H25N3O2/c1-17(18-11-13-20(14-12-18)26(27)31)15-29-24(19-7-3-2-4-8-19)25(30)22-16-28-23-10-6-5-9-21(22)23/h2-14,16-17,24,28-29H,15H2,1H3,(H2,27,31)/t17-,24-/m0/s1. The summed E-state index contributed by atoms with van der Waals surface area (Å²) in [5.74, 6) is -0.269. The molecule has 0 saturated heterocycles. The molecule has 0 fully saturated rings. The third-order valence-corrected chi connectivity index (χ3v) is 5.64. The summed E-state index contributed by atoms with van der Waals surface area (Å²) in [7, 11) is 0. The van der Waals surface area contributed by atoms with Crippen LogP contribution in [0.4, 0.5) is 0 Å². The van der Waals surface area contributed by atoms with Crippen LogP contribution in [0.1, 0.15) is 50.7 Å². The smallest absolute Gasteiger partial charge is 0.248 e. The minimum Gasteiger partial charge on any atom is -0.366 e. The monoisotopic (exact) mass is 411 g/mol. The molecule has 5 nitrogen and oxygen atoms in total. The first kappa shape index (κ1) is 20.6. The number of rotatable bonds is 8. The maximum Gasteiger partial charge on any atom is 0.248 e. The Balaban J connectivity index is 1.57. The highest BCUT2D eigenvalue weighted by molar-refractivity contribution is 6.10. The summed E-state index contributed by atoms with van der Waals surface area (Å²) >= 11 is 0. The van der Waals surface area contributed by atoms with Crippen LogP contribution < -0.4 is 11.1 Å². The van der Waals surface area contributed by atoms with Crippen molar-refractivity contribution in [1.82, 2.24) is 10.3 Å². The summed E-state index contributed by atoms with van der Waals surface area (Å²) in [6.07, 6.45) is 1.79. The number of amides is 1. The number of fused-ring (bicyclic) bond motifs is 1. The van der Waals surface area contributed by atoms with Crippen molar-refractivity contribution in [1.29, 1.82) is 0 Å². The number of nitrogens with two attached hydrogens (primary N) is 1. The molecule has 0 radical (unpaired) electrons. The number of para-hydroxylation sites is 1. The van der Waals surface area contributed by atoms with Crippen molar-refractivity contribution in [3.05, 3.63) is 107 Å². The van der Waals surface area contributed by atoms with Gasteiger partial charge in [0.2, 0.25) is 5.91 Å². The van der Waals surface area contributed by atoms with E-state index in [1.807, 2.05) is 66.7 Å². The second-order valence-corrected chi connectivity index (χ2v) is 7.75. The Hall–Kier alpha value is -3.70. The topological polar surface area (TPSA) is 88.0 Å². The van der Waals surface area contributed by atoms with Crippen molar-refractivity contribution in [3.8, 4) is 0 Å². The Labute approximate surface area is 181 Å². The van der Waals surface area contributed by atoms with Crippen molar-refractivity contribution < 1.29 is 9.59 Å². The van der Waals surface area contributed by atoms with Gasteiger partial charge in [0.05, 0.1) is 6.04 Å². The van der Waals surface area contributed by atoms with Crippen LogP contribution in [-0.4, -0.2) is 23.2 Å². The second-order valence-electron chi connectivity index (χ2n) is 7.75. The van der Waals surface area contributed by atoms with E-state index in [1.54, 1.807) is 18.3 Å². The lowest BCUT2D eigenvalue weighted by Crippen LogP contribution is -2.31. The van der Waals surface area contributed by atoms with Crippen molar-refractivity contribution >= 4 is 22.6 Å². The number of carbonyl (C=O) groups is 2. The van der Waals surface area contributed by atoms with Crippen LogP contribution in [0, 0.1) is 0 Å². The number of nitrogens with one attached hydrogen (secondary N) is 2. The van der Waals surface area contributed by atoms with Crippen molar-refractivity contribution in [2.24, 2.45) is 5.73 Å². The number of H-pyrrole nitrogens is 1. The molecule has 0 bridgehead atoms. The maximum absolute atomic E-state index is 13.6. The van der Waals surface area contributed by atoms with Gasteiger partial charge in [-0.1, -0.05) is 67.6 Å². The molecule has 0 saturated carbocycles. The quantitative estimate of drug-likeness (QED) is 0.371. The molecule has 3 aromatic carbocycles. The largest absolute Gasteiger partial charge is 0.366 e. The number of hydrogen-bond acceptors (Lipinski definition) is 3. The van der Waals surface area contributed by atoms with Crippen LogP contribution in [0.25, 0.3) is 10.9 Å². The summed E-state index contributed by atoms with van der Waals surface area (Å²) in [4.78, 5) is 28.1. The van der Waals surface area contributed by atoms with Crippen LogP contribution in [-0.2, 0) is 0 Å². The van der Waals surface area contributed by atoms with Gasteiger partial charge in [-0.2, -0.15) is 0 Å². The summed E-state index contributed by atoms with van der Waals surface area (Å²) < 4.78 is 0. The van der Waals surface area contributed by atoms with Crippen molar-refractivity contribution in [3.63, 3.8) is 0 Å². The molecule has 4 aromatic rings. The Morgan fingerprint density at radius 3 is 2.29 bits per heavy atom. The van der Waals surface area contributed by atoms with Gasteiger partial charge in [0.1, 0.15) is 0 Å². The predicted molar refractivity (Wildman–Crippen MR) is 123 cm³/mol. The average molecular weight is 412 g/mol. The van der Waals surface area contributed by atoms with E-state index in [0.29, 0.717) is 17.7 Å². The molecular formula is C26H25N3O2. The van der Waals surface area contributed by atoms with Gasteiger partial charge in [0, 0.05) is 34.8 Å². The van der Waals surface area contributed by atoms with Gasteiger partial charge in [-0.15, -0.1) is 0 Å². The molecule has 156 valence electrons. The van der Waals surface area contributed by atoms with Gasteiger partial charge in [0.25, 0.3) is 0 Å². The third kappa shape index (κ3) is 4.42. The first-order chi connectivity index (χ1) is 15.0. The van der Waals surface area contributed by atoms with Crippen LogP contribution in [0.15, 0.2) is 85.1 Å². The zero-order chi connectivity index (χ0) is 21.8. The van der Waals surface area contributed by atoms with E-state index in [0.717, 1.165) is 22.0 Å². The number of carbonyl (C=O) groups excluding carboxylic acids is 2. The SMILES string of the molecule is C[C@@H](CN[C@H](C(=O)c1c[nH]c2ccccc12)c1ccccc1)c1ccc(C(N)=O)cc1. The lowest BCUT2D eigenvalue weighted by Gasteiger charge is -2.21. The summed E-state index contributed by atoms with van der Waals surface area (Å²) in [6, 6.07) is 24.4. The lowest BCUT2D eigenvalue weighted by atomic mass is 9.95. The molecule has 4 rings (SSSR count). The molecular weight excluding hydrogens is 386 g/mol. The molecule has 0 spiro atoms. The van der Waals surface area contributed by atoms with E-state index < -0.39 is 11.9 Å². The average Bonchev–Trinajstić information content (AvgIpc) is 3.24. The molecule has 0 aliphatic carbocycles. The first-order valence-electron chi connectivity index (χ1n) is 10.3. The van der Waals surface area contributed by atoms with E-state index in [2.05, 4.69) is 17.2 Å². The number of benzene rings is 3. The fourth-order valence-electron chi connectivity index (χ4n) is 3.83. The predicted octanol–water partition coefficient (Wildman–Crippen LogP) is 4.58. The molecule has 1 amide bonds. The van der Waals surface area contributed by atoms with E-state index >= 15 is 0 Å². The fraction of sp³-hybridized carbons (Fsp3) is 0.154. The highest BCUT2D eigenvalue weighted by atomic mass is 16.1. The zero-order valence-electron chi connectivity index (χ0n) is 17.3. The Bertz CT molecular complexity index is 1200. The minimum atomic E-state index is -0.465. The molecule has 0 aliphatic rings. The van der Waals surface area contributed by atoms with Crippen LogP contribution in [0.3, 0.4) is 0 Å². The minimum absolute atomic E-state index is 0.0277.